The zero-order valence-electron chi connectivity index (χ0n) is 19.8. The number of benzene rings is 2. The zero-order valence-corrected chi connectivity index (χ0v) is 21.4. The minimum absolute atomic E-state index is 0.146. The van der Waals surface area contributed by atoms with Gasteiger partial charge in [-0.3, -0.25) is 4.79 Å². The van der Waals surface area contributed by atoms with Gasteiger partial charge in [0.25, 0.3) is 5.56 Å². The van der Waals surface area contributed by atoms with Crippen LogP contribution in [0.2, 0.25) is 0 Å². The number of hydrogen-bond donors (Lipinski definition) is 0. The fraction of sp³-hybridized carbons (Fsp3) is 0.296. The van der Waals surface area contributed by atoms with Crippen molar-refractivity contribution >= 4 is 33.0 Å². The molecule has 170 valence electrons. The molecule has 0 radical (unpaired) electrons. The first-order chi connectivity index (χ1) is 15.8. The Bertz CT molecular complexity index is 1430. The number of hydrogen-bond acceptors (Lipinski definition) is 3. The first-order valence-corrected chi connectivity index (χ1v) is 12.1. The fourth-order valence-electron chi connectivity index (χ4n) is 4.20. The van der Waals surface area contributed by atoms with Crippen LogP contribution >= 0.6 is 15.9 Å². The van der Waals surface area contributed by atoms with Crippen molar-refractivity contribution in [2.24, 2.45) is 5.10 Å². The molecule has 0 aliphatic carbocycles. The largest absolute Gasteiger partial charge is 0.318 e. The van der Waals surface area contributed by atoms with Crippen LogP contribution in [-0.2, 0) is 6.42 Å². The maximum atomic E-state index is 13.3. The van der Waals surface area contributed by atoms with E-state index in [1.807, 2.05) is 18.2 Å². The molecule has 4 aromatic rings. The third-order valence-electron chi connectivity index (χ3n) is 6.23. The van der Waals surface area contributed by atoms with Crippen LogP contribution in [0.25, 0.3) is 16.6 Å². The van der Waals surface area contributed by atoms with Crippen LogP contribution in [0, 0.1) is 27.7 Å². The van der Waals surface area contributed by atoms with E-state index in [9.17, 15) is 4.79 Å². The molecule has 0 N–H and O–H groups in total. The van der Waals surface area contributed by atoms with E-state index in [0.717, 1.165) is 34.3 Å². The third-order valence-corrected chi connectivity index (χ3v) is 6.72. The number of halogens is 1. The van der Waals surface area contributed by atoms with Gasteiger partial charge in [-0.2, -0.15) is 9.78 Å². The van der Waals surface area contributed by atoms with E-state index in [1.54, 1.807) is 6.21 Å². The summed E-state index contributed by atoms with van der Waals surface area (Å²) < 4.78 is 4.57. The Labute approximate surface area is 202 Å². The quantitative estimate of drug-likeness (QED) is 0.285. The average Bonchev–Trinajstić information content (AvgIpc) is 3.07. The van der Waals surface area contributed by atoms with Gasteiger partial charge in [0.05, 0.1) is 17.1 Å². The van der Waals surface area contributed by atoms with Gasteiger partial charge in [0.1, 0.15) is 5.82 Å². The highest BCUT2D eigenvalue weighted by Crippen LogP contribution is 2.24. The van der Waals surface area contributed by atoms with E-state index >= 15 is 0 Å². The monoisotopic (exact) mass is 504 g/mol. The van der Waals surface area contributed by atoms with E-state index in [2.05, 4.69) is 84.5 Å². The summed E-state index contributed by atoms with van der Waals surface area (Å²) in [5.74, 6) is 0.691. The van der Waals surface area contributed by atoms with E-state index in [4.69, 9.17) is 4.98 Å². The van der Waals surface area contributed by atoms with Crippen molar-refractivity contribution in [2.75, 3.05) is 0 Å². The molecule has 33 heavy (non-hydrogen) atoms. The second-order valence-electron chi connectivity index (χ2n) is 8.54. The van der Waals surface area contributed by atoms with Crippen molar-refractivity contribution < 1.29 is 0 Å². The van der Waals surface area contributed by atoms with E-state index in [-0.39, 0.29) is 5.56 Å². The molecule has 2 aromatic heterocycles. The Hall–Kier alpha value is -2.99. The first kappa shape index (κ1) is 23.2. The highest BCUT2D eigenvalue weighted by atomic mass is 79.9. The molecule has 0 spiro atoms. The summed E-state index contributed by atoms with van der Waals surface area (Å²) in [6.45, 7) is 10.6. The Morgan fingerprint density at radius 2 is 1.88 bits per heavy atom. The Morgan fingerprint density at radius 1 is 1.09 bits per heavy atom. The SMILES string of the molecule is CCCCc1nc2ccc(Br)cc2c(=O)n1N=Cc1cc(C)n(-c2cccc(C)c2C)c1C. The van der Waals surface area contributed by atoms with Gasteiger partial charge in [-0.25, -0.2) is 4.98 Å². The van der Waals surface area contributed by atoms with Gasteiger partial charge < -0.3 is 4.57 Å². The molecule has 0 atom stereocenters. The van der Waals surface area contributed by atoms with Crippen LogP contribution in [0.4, 0.5) is 0 Å². The predicted molar refractivity (Wildman–Crippen MR) is 140 cm³/mol. The molecule has 4 rings (SSSR count). The zero-order chi connectivity index (χ0) is 23.7. The third kappa shape index (κ3) is 4.44. The van der Waals surface area contributed by atoms with Gasteiger partial charge >= 0.3 is 0 Å². The van der Waals surface area contributed by atoms with Crippen molar-refractivity contribution in [2.45, 2.75) is 53.9 Å². The Morgan fingerprint density at radius 3 is 2.64 bits per heavy atom. The Kier molecular flexibility index (Phi) is 6.66. The van der Waals surface area contributed by atoms with Crippen LogP contribution in [0.5, 0.6) is 0 Å². The minimum Gasteiger partial charge on any atom is -0.318 e. The second-order valence-corrected chi connectivity index (χ2v) is 9.45. The molecule has 0 unspecified atom stereocenters. The van der Waals surface area contributed by atoms with Crippen molar-refractivity contribution in [3.05, 3.63) is 91.2 Å². The van der Waals surface area contributed by atoms with Gasteiger partial charge in [0, 0.05) is 33.5 Å². The van der Waals surface area contributed by atoms with Crippen molar-refractivity contribution in [1.29, 1.82) is 0 Å². The number of unbranched alkanes of at least 4 members (excludes halogenated alkanes) is 1. The summed E-state index contributed by atoms with van der Waals surface area (Å²) >= 11 is 3.46. The maximum Gasteiger partial charge on any atom is 0.282 e. The number of fused-ring (bicyclic) bond motifs is 1. The molecule has 0 fully saturated rings. The molecule has 6 heteroatoms. The van der Waals surface area contributed by atoms with Gasteiger partial charge in [0.15, 0.2) is 0 Å². The summed E-state index contributed by atoms with van der Waals surface area (Å²) in [6.07, 6.45) is 4.46. The molecular weight excluding hydrogens is 476 g/mol. The molecule has 0 bridgehead atoms. The standard InChI is InChI=1S/C27H29BrN4O/c1-6-7-11-26-30-24-13-12-22(28)15-23(24)27(33)32(26)29-16-21-14-18(3)31(20(21)5)25-10-8-9-17(2)19(25)4/h8-10,12-16H,6-7,11H2,1-5H3. The molecule has 5 nitrogen and oxygen atoms in total. The van der Waals surface area contributed by atoms with Crippen molar-refractivity contribution in [3.8, 4) is 5.69 Å². The molecule has 2 aromatic carbocycles. The van der Waals surface area contributed by atoms with Gasteiger partial charge in [-0.1, -0.05) is 41.4 Å². The molecule has 0 amide bonds. The lowest BCUT2D eigenvalue weighted by Gasteiger charge is -2.14. The van der Waals surface area contributed by atoms with Crippen LogP contribution in [0.15, 0.2) is 56.8 Å². The van der Waals surface area contributed by atoms with E-state index in [0.29, 0.717) is 23.1 Å². The van der Waals surface area contributed by atoms with E-state index in [1.165, 1.54) is 21.5 Å². The molecule has 0 saturated heterocycles. The first-order valence-electron chi connectivity index (χ1n) is 11.3. The van der Waals surface area contributed by atoms with Crippen molar-refractivity contribution in [3.63, 3.8) is 0 Å². The summed E-state index contributed by atoms with van der Waals surface area (Å²) in [4.78, 5) is 18.1. The summed E-state index contributed by atoms with van der Waals surface area (Å²) in [6, 6.07) is 14.1. The predicted octanol–water partition coefficient (Wildman–Crippen LogP) is 6.41. The number of rotatable bonds is 6. The highest BCUT2D eigenvalue weighted by molar-refractivity contribution is 9.10. The highest BCUT2D eigenvalue weighted by Gasteiger charge is 2.14. The summed E-state index contributed by atoms with van der Waals surface area (Å²) in [7, 11) is 0. The minimum atomic E-state index is -0.146. The van der Waals surface area contributed by atoms with Crippen molar-refractivity contribution in [1.82, 2.24) is 14.2 Å². The summed E-state index contributed by atoms with van der Waals surface area (Å²) in [5, 5.41) is 5.20. The summed E-state index contributed by atoms with van der Waals surface area (Å²) in [5.41, 5.74) is 7.44. The molecule has 0 aliphatic rings. The van der Waals surface area contributed by atoms with Crippen LogP contribution in [0.1, 0.15) is 53.7 Å². The van der Waals surface area contributed by atoms with E-state index < -0.39 is 0 Å². The van der Waals surface area contributed by atoms with Gasteiger partial charge in [-0.15, -0.1) is 0 Å². The molecule has 0 aliphatic heterocycles. The van der Waals surface area contributed by atoms with Crippen LogP contribution in [-0.4, -0.2) is 20.4 Å². The lowest BCUT2D eigenvalue weighted by Crippen LogP contribution is -2.22. The number of nitrogens with zero attached hydrogens (tertiary/aromatic N) is 4. The lowest BCUT2D eigenvalue weighted by atomic mass is 10.1. The van der Waals surface area contributed by atoms with Gasteiger partial charge in [0.2, 0.25) is 0 Å². The molecule has 2 heterocycles. The normalized spacial score (nSPS) is 11.7. The smallest absolute Gasteiger partial charge is 0.282 e. The molecular formula is C27H29BrN4O. The average molecular weight is 505 g/mol. The molecule has 0 saturated carbocycles. The number of aryl methyl sites for hydroxylation is 3. The lowest BCUT2D eigenvalue weighted by molar-refractivity contribution is 0.675. The maximum absolute atomic E-state index is 13.3. The fourth-order valence-corrected chi connectivity index (χ4v) is 4.56. The number of aromatic nitrogens is 3. The topological polar surface area (TPSA) is 52.2 Å². The van der Waals surface area contributed by atoms with Crippen LogP contribution < -0.4 is 5.56 Å². The van der Waals surface area contributed by atoms with Gasteiger partial charge in [-0.05, 0) is 75.6 Å². The second kappa shape index (κ2) is 9.48. The Balaban J connectivity index is 1.82. The van der Waals surface area contributed by atoms with Crippen LogP contribution in [0.3, 0.4) is 0 Å².